The molecule has 0 saturated heterocycles. The SMILES string of the molecule is CN(CCCCCO)S(=O)(=O)c1ccc(CN)c(Cl)c1. The highest BCUT2D eigenvalue weighted by Gasteiger charge is 2.21. The van der Waals surface area contributed by atoms with Crippen LogP contribution in [0, 0.1) is 0 Å². The van der Waals surface area contributed by atoms with Crippen molar-refractivity contribution in [2.75, 3.05) is 20.2 Å². The largest absolute Gasteiger partial charge is 0.396 e. The summed E-state index contributed by atoms with van der Waals surface area (Å²) in [7, 11) is -1.99. The summed E-state index contributed by atoms with van der Waals surface area (Å²) >= 11 is 6.00. The van der Waals surface area contributed by atoms with Gasteiger partial charge in [0.2, 0.25) is 10.0 Å². The zero-order valence-corrected chi connectivity index (χ0v) is 13.1. The molecule has 0 spiro atoms. The lowest BCUT2D eigenvalue weighted by atomic mass is 10.2. The zero-order valence-electron chi connectivity index (χ0n) is 11.5. The van der Waals surface area contributed by atoms with Gasteiger partial charge in [-0.3, -0.25) is 0 Å². The highest BCUT2D eigenvalue weighted by molar-refractivity contribution is 7.89. The van der Waals surface area contributed by atoms with Gasteiger partial charge in [0.1, 0.15) is 0 Å². The first-order chi connectivity index (χ1) is 9.43. The Morgan fingerprint density at radius 1 is 1.30 bits per heavy atom. The van der Waals surface area contributed by atoms with Crippen LogP contribution in [0.3, 0.4) is 0 Å². The van der Waals surface area contributed by atoms with Crippen LogP contribution < -0.4 is 5.73 Å². The minimum absolute atomic E-state index is 0.132. The highest BCUT2D eigenvalue weighted by Crippen LogP contribution is 2.22. The summed E-state index contributed by atoms with van der Waals surface area (Å²) in [5.41, 5.74) is 6.22. The monoisotopic (exact) mass is 320 g/mol. The molecule has 0 aromatic heterocycles. The normalized spacial score (nSPS) is 12.1. The smallest absolute Gasteiger partial charge is 0.242 e. The van der Waals surface area contributed by atoms with Crippen molar-refractivity contribution in [3.8, 4) is 0 Å². The molecule has 3 N–H and O–H groups in total. The third kappa shape index (κ3) is 4.43. The molecule has 114 valence electrons. The van der Waals surface area contributed by atoms with Gasteiger partial charge in [0.15, 0.2) is 0 Å². The molecule has 0 bridgehead atoms. The molecular weight excluding hydrogens is 300 g/mol. The van der Waals surface area contributed by atoms with Crippen molar-refractivity contribution in [2.24, 2.45) is 5.73 Å². The molecule has 0 heterocycles. The molecule has 0 aliphatic heterocycles. The van der Waals surface area contributed by atoms with Crippen LogP contribution in [0.25, 0.3) is 0 Å². The molecular formula is C13H21ClN2O3S. The molecule has 1 aromatic carbocycles. The van der Waals surface area contributed by atoms with Crippen LogP contribution in [0.15, 0.2) is 23.1 Å². The van der Waals surface area contributed by atoms with E-state index in [1.54, 1.807) is 13.1 Å². The molecule has 5 nitrogen and oxygen atoms in total. The Labute approximate surface area is 125 Å². The lowest BCUT2D eigenvalue weighted by molar-refractivity contribution is 0.281. The molecule has 1 rings (SSSR count). The van der Waals surface area contributed by atoms with Crippen molar-refractivity contribution in [1.82, 2.24) is 4.31 Å². The molecule has 7 heteroatoms. The van der Waals surface area contributed by atoms with E-state index in [1.807, 2.05) is 0 Å². The summed E-state index contributed by atoms with van der Waals surface area (Å²) in [6.07, 6.45) is 2.19. The van der Waals surface area contributed by atoms with Gasteiger partial charge in [-0.25, -0.2) is 12.7 Å². The van der Waals surface area contributed by atoms with Gasteiger partial charge < -0.3 is 10.8 Å². The maximum Gasteiger partial charge on any atom is 0.242 e. The van der Waals surface area contributed by atoms with Gasteiger partial charge >= 0.3 is 0 Å². The number of rotatable bonds is 8. The van der Waals surface area contributed by atoms with E-state index in [0.717, 1.165) is 12.0 Å². The van der Waals surface area contributed by atoms with Crippen LogP contribution in [0.5, 0.6) is 0 Å². The number of unbranched alkanes of at least 4 members (excludes halogenated alkanes) is 2. The van der Waals surface area contributed by atoms with E-state index in [0.29, 0.717) is 24.4 Å². The summed E-state index contributed by atoms with van der Waals surface area (Å²) < 4.78 is 26.0. The van der Waals surface area contributed by atoms with Crippen LogP contribution in [0.4, 0.5) is 0 Å². The molecule has 1 aromatic rings. The van der Waals surface area contributed by atoms with Crippen LogP contribution >= 0.6 is 11.6 Å². The predicted molar refractivity (Wildman–Crippen MR) is 80.1 cm³/mol. The minimum atomic E-state index is -3.53. The van der Waals surface area contributed by atoms with Gasteiger partial charge in [-0.15, -0.1) is 0 Å². The summed E-state index contributed by atoms with van der Waals surface area (Å²) in [5.74, 6) is 0. The van der Waals surface area contributed by atoms with Crippen LogP contribution in [-0.4, -0.2) is 38.0 Å². The Morgan fingerprint density at radius 3 is 2.55 bits per heavy atom. The number of aliphatic hydroxyl groups is 1. The summed E-state index contributed by atoms with van der Waals surface area (Å²) in [5, 5.41) is 9.06. The van der Waals surface area contributed by atoms with Gasteiger partial charge in [-0.05, 0) is 37.0 Å². The summed E-state index contributed by atoms with van der Waals surface area (Å²) in [6.45, 7) is 0.821. The van der Waals surface area contributed by atoms with Gasteiger partial charge in [0.25, 0.3) is 0 Å². The summed E-state index contributed by atoms with van der Waals surface area (Å²) in [6, 6.07) is 4.59. The number of hydrogen-bond acceptors (Lipinski definition) is 4. The van der Waals surface area contributed by atoms with Crippen molar-refractivity contribution < 1.29 is 13.5 Å². The predicted octanol–water partition coefficient (Wildman–Crippen LogP) is 1.58. The second-order valence-electron chi connectivity index (χ2n) is 4.57. The topological polar surface area (TPSA) is 83.6 Å². The maximum atomic E-state index is 12.3. The first-order valence-corrected chi connectivity index (χ1v) is 8.31. The van der Waals surface area contributed by atoms with Gasteiger partial charge in [0.05, 0.1) is 4.90 Å². The van der Waals surface area contributed by atoms with E-state index in [4.69, 9.17) is 22.4 Å². The first-order valence-electron chi connectivity index (χ1n) is 6.49. The van der Waals surface area contributed by atoms with E-state index < -0.39 is 10.0 Å². The molecule has 0 atom stereocenters. The van der Waals surface area contributed by atoms with Crippen molar-refractivity contribution in [3.05, 3.63) is 28.8 Å². The number of benzene rings is 1. The number of sulfonamides is 1. The third-order valence-electron chi connectivity index (χ3n) is 3.08. The van der Waals surface area contributed by atoms with E-state index in [-0.39, 0.29) is 18.0 Å². The average Bonchev–Trinajstić information content (AvgIpc) is 2.43. The first kappa shape index (κ1) is 17.4. The van der Waals surface area contributed by atoms with Gasteiger partial charge in [0, 0.05) is 31.8 Å². The second kappa shape index (κ2) is 7.95. The average molecular weight is 321 g/mol. The maximum absolute atomic E-state index is 12.3. The molecule has 0 radical (unpaired) electrons. The number of hydrogen-bond donors (Lipinski definition) is 2. The molecule has 0 saturated carbocycles. The van der Waals surface area contributed by atoms with Gasteiger partial charge in [-0.1, -0.05) is 17.7 Å². The number of halogens is 1. The quantitative estimate of drug-likeness (QED) is 0.712. The lowest BCUT2D eigenvalue weighted by Crippen LogP contribution is -2.28. The Balaban J connectivity index is 2.79. The van der Waals surface area contributed by atoms with Crippen molar-refractivity contribution in [1.29, 1.82) is 0 Å². The van der Waals surface area contributed by atoms with Crippen LogP contribution in [0.2, 0.25) is 5.02 Å². The fourth-order valence-electron chi connectivity index (χ4n) is 1.78. The van der Waals surface area contributed by atoms with E-state index in [2.05, 4.69) is 0 Å². The Hall–Kier alpha value is -0.660. The van der Waals surface area contributed by atoms with Crippen molar-refractivity contribution >= 4 is 21.6 Å². The number of nitrogens with two attached hydrogens (primary N) is 1. The van der Waals surface area contributed by atoms with Gasteiger partial charge in [-0.2, -0.15) is 0 Å². The molecule has 20 heavy (non-hydrogen) atoms. The fourth-order valence-corrected chi connectivity index (χ4v) is 3.34. The molecule has 0 amide bonds. The molecule has 0 aliphatic rings. The van der Waals surface area contributed by atoms with Crippen molar-refractivity contribution in [3.63, 3.8) is 0 Å². The Bertz CT molecular complexity index is 534. The molecule has 0 unspecified atom stereocenters. The minimum Gasteiger partial charge on any atom is -0.396 e. The van der Waals surface area contributed by atoms with E-state index in [9.17, 15) is 8.42 Å². The highest BCUT2D eigenvalue weighted by atomic mass is 35.5. The van der Waals surface area contributed by atoms with E-state index >= 15 is 0 Å². The standard InChI is InChI=1S/C13H21ClN2O3S/c1-16(7-3-2-4-8-17)20(18,19)12-6-5-11(10-15)13(14)9-12/h5-6,9,17H,2-4,7-8,10,15H2,1H3. The lowest BCUT2D eigenvalue weighted by Gasteiger charge is -2.17. The van der Waals surface area contributed by atoms with Crippen molar-refractivity contribution in [2.45, 2.75) is 30.7 Å². The number of aliphatic hydroxyl groups excluding tert-OH is 1. The second-order valence-corrected chi connectivity index (χ2v) is 7.02. The van der Waals surface area contributed by atoms with Crippen LogP contribution in [-0.2, 0) is 16.6 Å². The summed E-state index contributed by atoms with van der Waals surface area (Å²) in [4.78, 5) is 0.171. The number of nitrogens with zero attached hydrogens (tertiary/aromatic N) is 1. The zero-order chi connectivity index (χ0) is 15.2. The Kier molecular flexibility index (Phi) is 6.91. The van der Waals surface area contributed by atoms with E-state index in [1.165, 1.54) is 16.4 Å². The van der Waals surface area contributed by atoms with Crippen LogP contribution in [0.1, 0.15) is 24.8 Å². The molecule has 0 aliphatic carbocycles. The molecule has 0 fully saturated rings. The fraction of sp³-hybridized carbons (Fsp3) is 0.538. The Morgan fingerprint density at radius 2 is 2.00 bits per heavy atom. The third-order valence-corrected chi connectivity index (χ3v) is 5.29.